The Bertz CT molecular complexity index is 432. The second-order valence-corrected chi connectivity index (χ2v) is 6.49. The van der Waals surface area contributed by atoms with Gasteiger partial charge in [0.25, 0.3) is 0 Å². The highest BCUT2D eigenvalue weighted by atomic mass is 32.2. The second kappa shape index (κ2) is 10.6. The van der Waals surface area contributed by atoms with Gasteiger partial charge in [-0.2, -0.15) is 5.10 Å². The smallest absolute Gasteiger partial charge is 0.205 e. The molecule has 0 rings (SSSR count). The summed E-state index contributed by atoms with van der Waals surface area (Å²) in [5.41, 5.74) is 0. The van der Waals surface area contributed by atoms with E-state index >= 15 is 0 Å². The van der Waals surface area contributed by atoms with E-state index in [9.17, 15) is 8.42 Å². The largest absolute Gasteiger partial charge is 0.249 e. The Morgan fingerprint density at radius 2 is 1.84 bits per heavy atom. The maximum absolute atomic E-state index is 11.3. The Hall–Kier alpha value is -1.36. The lowest BCUT2D eigenvalue weighted by Crippen LogP contribution is -2.26. The summed E-state index contributed by atoms with van der Waals surface area (Å²) >= 11 is 0. The van der Waals surface area contributed by atoms with Crippen molar-refractivity contribution < 1.29 is 8.42 Å². The summed E-state index contributed by atoms with van der Waals surface area (Å²) in [6, 6.07) is 0. The Kier molecular flexibility index (Phi) is 9.80. The van der Waals surface area contributed by atoms with Gasteiger partial charge in [-0.1, -0.05) is 43.7 Å². The average molecular weight is 284 g/mol. The molecule has 5 heteroatoms. The van der Waals surface area contributed by atoms with Crippen LogP contribution in [0.5, 0.6) is 0 Å². The summed E-state index contributed by atoms with van der Waals surface area (Å²) in [4.78, 5) is 2.14. The zero-order valence-corrected chi connectivity index (χ0v) is 12.7. The first-order chi connectivity index (χ1) is 9.00. The van der Waals surface area contributed by atoms with Gasteiger partial charge in [-0.3, -0.25) is 0 Å². The van der Waals surface area contributed by atoms with Crippen LogP contribution in [0.15, 0.2) is 41.6 Å². The highest BCUT2D eigenvalue weighted by molar-refractivity contribution is 7.90. The van der Waals surface area contributed by atoms with Gasteiger partial charge in [-0.05, 0) is 32.8 Å². The molecule has 0 aliphatic carbocycles. The van der Waals surface area contributed by atoms with Gasteiger partial charge in [0.05, 0.1) is 5.25 Å². The summed E-state index contributed by atoms with van der Waals surface area (Å²) in [7, 11) is -3.32. The average Bonchev–Trinajstić information content (AvgIpc) is 2.35. The lowest BCUT2D eigenvalue weighted by atomic mass is 10.2. The Morgan fingerprint density at radius 1 is 1.11 bits per heavy atom. The molecule has 0 fully saturated rings. The van der Waals surface area contributed by atoms with Crippen molar-refractivity contribution in [2.45, 2.75) is 45.3 Å². The van der Waals surface area contributed by atoms with Gasteiger partial charge in [0.15, 0.2) is 0 Å². The Morgan fingerprint density at radius 3 is 2.47 bits per heavy atom. The number of hydrogen-bond acceptors (Lipinski definition) is 3. The fourth-order valence-corrected chi connectivity index (χ4v) is 1.40. The molecule has 0 bridgehead atoms. The van der Waals surface area contributed by atoms with Crippen molar-refractivity contribution in [3.63, 3.8) is 0 Å². The quantitative estimate of drug-likeness (QED) is 0.306. The molecule has 1 N–H and O–H groups in total. The summed E-state index contributed by atoms with van der Waals surface area (Å²) in [6.07, 6.45) is 16.3. The molecule has 19 heavy (non-hydrogen) atoms. The number of nitrogens with one attached hydrogen (secondary N) is 1. The third-order valence-electron chi connectivity index (χ3n) is 2.21. The molecule has 0 saturated carbocycles. The third-order valence-corrected chi connectivity index (χ3v) is 3.81. The van der Waals surface area contributed by atoms with E-state index in [1.165, 1.54) is 12.6 Å². The molecular weight excluding hydrogens is 260 g/mol. The van der Waals surface area contributed by atoms with Crippen molar-refractivity contribution in [2.24, 2.45) is 5.10 Å². The summed E-state index contributed by atoms with van der Waals surface area (Å²) in [5.74, 6) is 0. The molecule has 108 valence electrons. The van der Waals surface area contributed by atoms with Crippen LogP contribution in [-0.2, 0) is 10.0 Å². The number of hydrogen-bond donors (Lipinski definition) is 1. The maximum Gasteiger partial charge on any atom is 0.249 e. The highest BCUT2D eigenvalue weighted by Gasteiger charge is 2.12. The van der Waals surface area contributed by atoms with E-state index in [1.807, 2.05) is 12.2 Å². The normalized spacial score (nSPS) is 13.7. The minimum Gasteiger partial charge on any atom is -0.205 e. The monoisotopic (exact) mass is 284 g/mol. The van der Waals surface area contributed by atoms with E-state index in [4.69, 9.17) is 0 Å². The van der Waals surface area contributed by atoms with Gasteiger partial charge < -0.3 is 0 Å². The topological polar surface area (TPSA) is 58.5 Å². The molecule has 0 aliphatic heterocycles. The minimum atomic E-state index is -3.32. The number of sulfonamides is 1. The van der Waals surface area contributed by atoms with Crippen LogP contribution < -0.4 is 4.83 Å². The fraction of sp³-hybridized carbons (Fsp3) is 0.500. The molecular formula is C14H24N2O2S. The van der Waals surface area contributed by atoms with Gasteiger partial charge in [0, 0.05) is 6.21 Å². The van der Waals surface area contributed by atoms with Gasteiger partial charge in [0.2, 0.25) is 10.0 Å². The first-order valence-corrected chi connectivity index (χ1v) is 8.05. The van der Waals surface area contributed by atoms with E-state index in [0.29, 0.717) is 0 Å². The van der Waals surface area contributed by atoms with Crippen molar-refractivity contribution in [2.75, 3.05) is 0 Å². The predicted octanol–water partition coefficient (Wildman–Crippen LogP) is 3.16. The molecule has 0 saturated heterocycles. The third kappa shape index (κ3) is 10.3. The standard InChI is InChI=1S/C14H24N2O2S/c1-4-5-6-7-8-9-10-11-12-13-15-16-19(17,18)14(2)3/h6-7,9-14,16H,4-5,8H2,1-3H3/b7-6+,10-9+,12-11+,15-13+. The van der Waals surface area contributed by atoms with Crippen LogP contribution in [0.2, 0.25) is 0 Å². The molecule has 0 heterocycles. The van der Waals surface area contributed by atoms with Gasteiger partial charge >= 0.3 is 0 Å². The minimum absolute atomic E-state index is 0.483. The SMILES string of the molecule is CCC/C=C/C/C=C/C=C/C=N/NS(=O)(=O)C(C)C. The van der Waals surface area contributed by atoms with Gasteiger partial charge in [0.1, 0.15) is 0 Å². The Balaban J connectivity index is 3.88. The molecule has 0 amide bonds. The van der Waals surface area contributed by atoms with Crippen LogP contribution in [0.25, 0.3) is 0 Å². The number of hydrazone groups is 1. The second-order valence-electron chi connectivity index (χ2n) is 4.27. The number of rotatable bonds is 9. The van der Waals surface area contributed by atoms with Crippen molar-refractivity contribution in [3.8, 4) is 0 Å². The van der Waals surface area contributed by atoms with Gasteiger partial charge in [-0.25, -0.2) is 13.2 Å². The van der Waals surface area contributed by atoms with Crippen LogP contribution >= 0.6 is 0 Å². The zero-order valence-electron chi connectivity index (χ0n) is 11.9. The molecule has 0 aliphatic rings. The Labute approximate surface area is 117 Å². The van der Waals surface area contributed by atoms with Crippen molar-refractivity contribution in [1.82, 2.24) is 4.83 Å². The molecule has 0 unspecified atom stereocenters. The van der Waals surface area contributed by atoms with Crippen LogP contribution in [0.4, 0.5) is 0 Å². The summed E-state index contributed by atoms with van der Waals surface area (Å²) in [5, 5.41) is 3.14. The predicted molar refractivity (Wildman–Crippen MR) is 82.6 cm³/mol. The number of allylic oxidation sites excluding steroid dienone is 6. The fourth-order valence-electron chi connectivity index (χ4n) is 0.983. The zero-order chi connectivity index (χ0) is 14.6. The lowest BCUT2D eigenvalue weighted by molar-refractivity contribution is 0.575. The number of unbranched alkanes of at least 4 members (excludes halogenated alkanes) is 1. The van der Waals surface area contributed by atoms with Crippen LogP contribution in [-0.4, -0.2) is 19.9 Å². The molecule has 0 radical (unpaired) electrons. The number of nitrogens with zero attached hydrogens (tertiary/aromatic N) is 1. The van der Waals surface area contributed by atoms with Crippen molar-refractivity contribution in [3.05, 3.63) is 36.5 Å². The van der Waals surface area contributed by atoms with Crippen LogP contribution in [0.3, 0.4) is 0 Å². The lowest BCUT2D eigenvalue weighted by Gasteiger charge is -2.04. The molecule has 4 nitrogen and oxygen atoms in total. The van der Waals surface area contributed by atoms with E-state index in [-0.39, 0.29) is 0 Å². The first-order valence-electron chi connectivity index (χ1n) is 6.51. The van der Waals surface area contributed by atoms with E-state index in [2.05, 4.69) is 29.0 Å². The molecule has 0 spiro atoms. The van der Waals surface area contributed by atoms with Crippen LogP contribution in [0, 0.1) is 0 Å². The van der Waals surface area contributed by atoms with E-state index in [0.717, 1.165) is 12.8 Å². The van der Waals surface area contributed by atoms with Crippen molar-refractivity contribution in [1.29, 1.82) is 0 Å². The first kappa shape index (κ1) is 17.6. The summed E-state index contributed by atoms with van der Waals surface area (Å²) < 4.78 is 22.6. The molecule has 0 aromatic rings. The van der Waals surface area contributed by atoms with E-state index < -0.39 is 15.3 Å². The van der Waals surface area contributed by atoms with E-state index in [1.54, 1.807) is 26.0 Å². The summed E-state index contributed by atoms with van der Waals surface area (Å²) in [6.45, 7) is 5.35. The highest BCUT2D eigenvalue weighted by Crippen LogP contribution is 1.95. The van der Waals surface area contributed by atoms with Crippen LogP contribution in [0.1, 0.15) is 40.0 Å². The van der Waals surface area contributed by atoms with Crippen molar-refractivity contribution >= 4 is 16.2 Å². The molecule has 0 aromatic heterocycles. The molecule has 0 atom stereocenters. The molecule has 0 aromatic carbocycles. The van der Waals surface area contributed by atoms with Gasteiger partial charge in [-0.15, -0.1) is 0 Å². The maximum atomic E-state index is 11.3.